The number of nitrogens with zero attached hydrogens (tertiary/aromatic N) is 1. The van der Waals surface area contributed by atoms with Crippen molar-refractivity contribution in [3.05, 3.63) is 78.0 Å². The summed E-state index contributed by atoms with van der Waals surface area (Å²) in [4.78, 5) is 13.0. The van der Waals surface area contributed by atoms with Gasteiger partial charge in [0.15, 0.2) is 0 Å². The molecule has 0 unspecified atom stereocenters. The zero-order valence-corrected chi connectivity index (χ0v) is 16.9. The zero-order chi connectivity index (χ0) is 20.1. The normalized spacial score (nSPS) is 12.0. The van der Waals surface area contributed by atoms with Gasteiger partial charge in [0.1, 0.15) is 18.1 Å². The zero-order valence-electron chi connectivity index (χ0n) is 16.9. The van der Waals surface area contributed by atoms with Crippen molar-refractivity contribution in [3.63, 3.8) is 0 Å². The number of carbonyl (C=O) groups excluding carboxylic acids is 1. The third-order valence-electron chi connectivity index (χ3n) is 5.07. The van der Waals surface area contributed by atoms with Gasteiger partial charge in [-0.2, -0.15) is 0 Å². The van der Waals surface area contributed by atoms with E-state index in [9.17, 15) is 4.79 Å². The molecule has 0 fully saturated rings. The first-order valence-electron chi connectivity index (χ1n) is 9.76. The van der Waals surface area contributed by atoms with Gasteiger partial charge < -0.3 is 14.6 Å². The minimum Gasteiger partial charge on any atom is -0.489 e. The molecule has 0 bridgehead atoms. The lowest BCUT2D eigenvalue weighted by Crippen LogP contribution is -2.33. The van der Waals surface area contributed by atoms with E-state index >= 15 is 0 Å². The van der Waals surface area contributed by atoms with Gasteiger partial charge >= 0.3 is 0 Å². The van der Waals surface area contributed by atoms with E-state index < -0.39 is 0 Å². The van der Waals surface area contributed by atoms with Crippen LogP contribution in [0.15, 0.2) is 61.2 Å². The van der Waals surface area contributed by atoms with Crippen LogP contribution in [0.1, 0.15) is 41.9 Å². The summed E-state index contributed by atoms with van der Waals surface area (Å²) < 4.78 is 7.91. The van der Waals surface area contributed by atoms with Crippen LogP contribution in [0.25, 0.3) is 10.9 Å². The highest BCUT2D eigenvalue weighted by Crippen LogP contribution is 2.30. The van der Waals surface area contributed by atoms with E-state index in [4.69, 9.17) is 4.74 Å². The average Bonchev–Trinajstić information content (AvgIpc) is 3.07. The number of hydrogen-bond donors (Lipinski definition) is 1. The van der Waals surface area contributed by atoms with Crippen LogP contribution >= 0.6 is 0 Å². The van der Waals surface area contributed by atoms with E-state index in [0.29, 0.717) is 18.8 Å². The molecule has 0 aliphatic carbocycles. The number of fused-ring (bicyclic) bond motifs is 1. The molecule has 1 atom stereocenters. The van der Waals surface area contributed by atoms with Gasteiger partial charge in [0.05, 0.1) is 5.52 Å². The summed E-state index contributed by atoms with van der Waals surface area (Å²) in [6, 6.07) is 16.3. The van der Waals surface area contributed by atoms with Crippen molar-refractivity contribution >= 4 is 16.8 Å². The Kier molecular flexibility index (Phi) is 6.19. The molecular weight excluding hydrogens is 348 g/mol. The third kappa shape index (κ3) is 4.11. The minimum absolute atomic E-state index is 0.0613. The Labute approximate surface area is 166 Å². The molecule has 0 saturated carbocycles. The summed E-state index contributed by atoms with van der Waals surface area (Å²) in [5.74, 6) is 0.701. The first-order valence-corrected chi connectivity index (χ1v) is 9.76. The van der Waals surface area contributed by atoms with Crippen molar-refractivity contribution in [1.29, 1.82) is 0 Å². The SMILES string of the molecule is C=CCOc1cccc2c1cc(C(=O)N[C@@H](C)CC)n2Cc1ccccc1C. The average molecular weight is 377 g/mol. The summed E-state index contributed by atoms with van der Waals surface area (Å²) in [6.07, 6.45) is 2.61. The number of aromatic nitrogens is 1. The molecule has 0 aliphatic heterocycles. The fraction of sp³-hybridized carbons (Fsp3) is 0.292. The molecule has 0 aliphatic rings. The highest BCUT2D eigenvalue weighted by atomic mass is 16.5. The molecule has 1 aromatic heterocycles. The standard InChI is InChI=1S/C24H28N2O2/c1-5-14-28-23-13-9-12-21-20(23)15-22(24(27)25-18(4)6-2)26(21)16-19-11-8-7-10-17(19)3/h5,7-13,15,18H,1,6,14,16H2,2-4H3,(H,25,27)/t18-/m0/s1. The van der Waals surface area contributed by atoms with Crippen molar-refractivity contribution in [3.8, 4) is 5.75 Å². The molecule has 0 radical (unpaired) electrons. The largest absolute Gasteiger partial charge is 0.489 e. The lowest BCUT2D eigenvalue weighted by atomic mass is 10.1. The molecule has 146 valence electrons. The molecule has 0 spiro atoms. The van der Waals surface area contributed by atoms with E-state index in [0.717, 1.165) is 23.1 Å². The molecule has 2 aromatic carbocycles. The Morgan fingerprint density at radius 3 is 2.75 bits per heavy atom. The van der Waals surface area contributed by atoms with Gasteiger partial charge in [-0.1, -0.05) is 49.9 Å². The molecule has 0 saturated heterocycles. The molecule has 4 heteroatoms. The summed E-state index contributed by atoms with van der Waals surface area (Å²) in [5.41, 5.74) is 4.03. The van der Waals surface area contributed by atoms with Crippen LogP contribution in [0.2, 0.25) is 0 Å². The van der Waals surface area contributed by atoms with Crippen molar-refractivity contribution < 1.29 is 9.53 Å². The lowest BCUT2D eigenvalue weighted by molar-refractivity contribution is 0.0931. The molecular formula is C24H28N2O2. The number of benzene rings is 2. The van der Waals surface area contributed by atoms with Gasteiger partial charge in [0.2, 0.25) is 0 Å². The van der Waals surface area contributed by atoms with Gasteiger partial charge in [-0.15, -0.1) is 0 Å². The van der Waals surface area contributed by atoms with E-state index in [1.807, 2.05) is 43.3 Å². The summed E-state index contributed by atoms with van der Waals surface area (Å²) >= 11 is 0. The van der Waals surface area contributed by atoms with Crippen LogP contribution in [-0.4, -0.2) is 23.1 Å². The number of carbonyl (C=O) groups is 1. The molecule has 1 N–H and O–H groups in total. The maximum Gasteiger partial charge on any atom is 0.268 e. The van der Waals surface area contributed by atoms with Gasteiger partial charge in [-0.05, 0) is 49.6 Å². The van der Waals surface area contributed by atoms with Crippen LogP contribution in [-0.2, 0) is 6.54 Å². The first-order chi connectivity index (χ1) is 13.5. The second kappa shape index (κ2) is 8.79. The maximum atomic E-state index is 13.0. The van der Waals surface area contributed by atoms with Crippen LogP contribution in [0.3, 0.4) is 0 Å². The molecule has 1 amide bonds. The fourth-order valence-electron chi connectivity index (χ4n) is 3.25. The number of amides is 1. The topological polar surface area (TPSA) is 43.3 Å². The van der Waals surface area contributed by atoms with Crippen molar-refractivity contribution in [2.24, 2.45) is 0 Å². The number of hydrogen-bond acceptors (Lipinski definition) is 2. The Bertz CT molecular complexity index is 987. The minimum atomic E-state index is -0.0613. The second-order valence-corrected chi connectivity index (χ2v) is 7.11. The molecule has 4 nitrogen and oxygen atoms in total. The lowest BCUT2D eigenvalue weighted by Gasteiger charge is -2.15. The van der Waals surface area contributed by atoms with Gasteiger partial charge in [-0.3, -0.25) is 4.79 Å². The van der Waals surface area contributed by atoms with Crippen LogP contribution in [0.4, 0.5) is 0 Å². The van der Waals surface area contributed by atoms with E-state index in [2.05, 4.69) is 42.4 Å². The summed E-state index contributed by atoms with van der Waals surface area (Å²) in [7, 11) is 0. The maximum absolute atomic E-state index is 13.0. The Balaban J connectivity index is 2.11. The Morgan fingerprint density at radius 1 is 1.25 bits per heavy atom. The van der Waals surface area contributed by atoms with Crippen molar-refractivity contribution in [2.75, 3.05) is 6.61 Å². The highest BCUT2D eigenvalue weighted by Gasteiger charge is 2.19. The number of rotatable bonds is 8. The Hall–Kier alpha value is -3.01. The first kappa shape index (κ1) is 19.7. The van der Waals surface area contributed by atoms with Crippen LogP contribution in [0.5, 0.6) is 5.75 Å². The van der Waals surface area contributed by atoms with Crippen molar-refractivity contribution in [2.45, 2.75) is 39.8 Å². The summed E-state index contributed by atoms with van der Waals surface area (Å²) in [6.45, 7) is 11.0. The monoisotopic (exact) mass is 376 g/mol. The van der Waals surface area contributed by atoms with E-state index in [1.54, 1.807) is 6.08 Å². The van der Waals surface area contributed by atoms with Gasteiger partial charge in [0, 0.05) is 18.0 Å². The predicted octanol–water partition coefficient (Wildman–Crippen LogP) is 5.09. The molecule has 3 rings (SSSR count). The van der Waals surface area contributed by atoms with E-state index in [1.165, 1.54) is 11.1 Å². The Morgan fingerprint density at radius 2 is 2.04 bits per heavy atom. The van der Waals surface area contributed by atoms with Crippen molar-refractivity contribution in [1.82, 2.24) is 9.88 Å². The van der Waals surface area contributed by atoms with Crippen LogP contribution in [0, 0.1) is 6.92 Å². The summed E-state index contributed by atoms with van der Waals surface area (Å²) in [5, 5.41) is 4.03. The predicted molar refractivity (Wildman–Crippen MR) is 115 cm³/mol. The number of ether oxygens (including phenoxy) is 1. The molecule has 3 aromatic rings. The molecule has 28 heavy (non-hydrogen) atoms. The number of aryl methyl sites for hydroxylation is 1. The highest BCUT2D eigenvalue weighted by molar-refractivity contribution is 6.00. The fourth-order valence-corrected chi connectivity index (χ4v) is 3.25. The van der Waals surface area contributed by atoms with Crippen LogP contribution < -0.4 is 10.1 Å². The second-order valence-electron chi connectivity index (χ2n) is 7.11. The third-order valence-corrected chi connectivity index (χ3v) is 5.07. The van der Waals surface area contributed by atoms with Gasteiger partial charge in [-0.25, -0.2) is 0 Å². The molecule has 1 heterocycles. The number of nitrogens with one attached hydrogen (secondary N) is 1. The quantitative estimate of drug-likeness (QED) is 0.556. The smallest absolute Gasteiger partial charge is 0.268 e. The van der Waals surface area contributed by atoms with Gasteiger partial charge in [0.25, 0.3) is 5.91 Å². The van der Waals surface area contributed by atoms with E-state index in [-0.39, 0.29) is 11.9 Å².